The molecular weight excluding hydrogens is 210 g/mol. The highest BCUT2D eigenvalue weighted by Gasteiger charge is 2.31. The van der Waals surface area contributed by atoms with Crippen LogP contribution in [-0.2, 0) is 6.18 Å². The van der Waals surface area contributed by atoms with E-state index in [1.54, 1.807) is 0 Å². The lowest BCUT2D eigenvalue weighted by Crippen LogP contribution is -2.06. The Balaban J connectivity index is 3.13. The predicted octanol–water partition coefficient (Wildman–Crippen LogP) is 3.78. The number of benzene rings is 1. The number of rotatable bonds is 1. The van der Waals surface area contributed by atoms with Crippen molar-refractivity contribution in [1.29, 1.82) is 0 Å². The van der Waals surface area contributed by atoms with Crippen molar-refractivity contribution in [1.82, 2.24) is 0 Å². The van der Waals surface area contributed by atoms with E-state index in [0.717, 1.165) is 0 Å². The van der Waals surface area contributed by atoms with E-state index in [1.807, 2.05) is 0 Å². The van der Waals surface area contributed by atoms with Crippen LogP contribution in [0.15, 0.2) is 18.2 Å². The van der Waals surface area contributed by atoms with Gasteiger partial charge in [0.1, 0.15) is 5.82 Å². The molecule has 0 bridgehead atoms. The maximum atomic E-state index is 12.7. The summed E-state index contributed by atoms with van der Waals surface area (Å²) in [5.41, 5.74) is -2.31. The second kappa shape index (κ2) is 3.51. The molecule has 0 atom stereocenters. The Morgan fingerprint density at radius 1 is 1.07 bits per heavy atom. The molecule has 0 radical (unpaired) electrons. The van der Waals surface area contributed by atoms with Crippen LogP contribution in [0.1, 0.15) is 17.6 Å². The Kier molecular flexibility index (Phi) is 2.73. The van der Waals surface area contributed by atoms with Crippen LogP contribution in [-0.4, -0.2) is 0 Å². The molecule has 0 amide bonds. The van der Waals surface area contributed by atoms with Crippen molar-refractivity contribution in [2.24, 2.45) is 0 Å². The standard InChI is InChI=1S/C8H4F6/c9-6-3-4(8(12,13)14)1-2-5(6)7(10)11/h1-3,7H. The minimum absolute atomic E-state index is 0.0570. The zero-order valence-corrected chi connectivity index (χ0v) is 6.58. The molecule has 0 aliphatic rings. The smallest absolute Gasteiger partial charge is 0.206 e. The third kappa shape index (κ3) is 2.18. The number of hydrogen-bond acceptors (Lipinski definition) is 0. The van der Waals surface area contributed by atoms with Crippen molar-refractivity contribution in [3.63, 3.8) is 0 Å². The molecule has 0 spiro atoms. The zero-order valence-electron chi connectivity index (χ0n) is 6.58. The van der Waals surface area contributed by atoms with Crippen molar-refractivity contribution in [3.05, 3.63) is 35.1 Å². The van der Waals surface area contributed by atoms with Crippen LogP contribution in [0, 0.1) is 5.82 Å². The largest absolute Gasteiger partial charge is 0.416 e. The third-order valence-corrected chi connectivity index (χ3v) is 1.56. The average Bonchev–Trinajstić information content (AvgIpc) is 2.01. The van der Waals surface area contributed by atoms with Gasteiger partial charge in [0.15, 0.2) is 0 Å². The lowest BCUT2D eigenvalue weighted by molar-refractivity contribution is -0.137. The lowest BCUT2D eigenvalue weighted by Gasteiger charge is -2.08. The molecule has 6 heteroatoms. The second-order valence-corrected chi connectivity index (χ2v) is 2.53. The molecule has 0 unspecified atom stereocenters. The van der Waals surface area contributed by atoms with Gasteiger partial charge in [0.05, 0.1) is 11.1 Å². The van der Waals surface area contributed by atoms with E-state index in [4.69, 9.17) is 0 Å². The fourth-order valence-electron chi connectivity index (χ4n) is 0.880. The van der Waals surface area contributed by atoms with Crippen LogP contribution in [0.4, 0.5) is 26.3 Å². The molecule has 0 fully saturated rings. The van der Waals surface area contributed by atoms with Gasteiger partial charge >= 0.3 is 6.18 Å². The van der Waals surface area contributed by atoms with E-state index in [0.29, 0.717) is 12.1 Å². The van der Waals surface area contributed by atoms with Gasteiger partial charge in [-0.3, -0.25) is 0 Å². The van der Waals surface area contributed by atoms with E-state index in [9.17, 15) is 26.3 Å². The molecule has 1 aromatic carbocycles. The summed E-state index contributed by atoms with van der Waals surface area (Å²) in [4.78, 5) is 0. The molecule has 0 nitrogen and oxygen atoms in total. The van der Waals surface area contributed by atoms with Crippen LogP contribution in [0.3, 0.4) is 0 Å². The van der Waals surface area contributed by atoms with E-state index in [-0.39, 0.29) is 6.07 Å². The molecule has 0 saturated heterocycles. The van der Waals surface area contributed by atoms with Gasteiger partial charge in [-0.2, -0.15) is 13.2 Å². The van der Waals surface area contributed by atoms with Crippen molar-refractivity contribution in [3.8, 4) is 0 Å². The summed E-state index contributed by atoms with van der Waals surface area (Å²) in [6, 6.07) is 0.912. The first-order valence-corrected chi connectivity index (χ1v) is 3.47. The molecule has 1 aromatic rings. The summed E-state index contributed by atoms with van der Waals surface area (Å²) in [6.45, 7) is 0. The minimum Gasteiger partial charge on any atom is -0.206 e. The number of hydrogen-bond donors (Lipinski definition) is 0. The SMILES string of the molecule is Fc1cc(C(F)(F)F)ccc1C(F)F. The van der Waals surface area contributed by atoms with Crippen molar-refractivity contribution in [2.75, 3.05) is 0 Å². The van der Waals surface area contributed by atoms with E-state index in [1.165, 1.54) is 0 Å². The quantitative estimate of drug-likeness (QED) is 0.624. The molecule has 0 N–H and O–H groups in total. The van der Waals surface area contributed by atoms with Crippen molar-refractivity contribution in [2.45, 2.75) is 12.6 Å². The maximum Gasteiger partial charge on any atom is 0.416 e. The molecule has 0 aliphatic heterocycles. The topological polar surface area (TPSA) is 0 Å². The predicted molar refractivity (Wildman–Crippen MR) is 36.4 cm³/mol. The molecule has 0 heterocycles. The Morgan fingerprint density at radius 2 is 1.64 bits per heavy atom. The van der Waals surface area contributed by atoms with Crippen LogP contribution in [0.2, 0.25) is 0 Å². The highest BCUT2D eigenvalue weighted by atomic mass is 19.4. The summed E-state index contributed by atoms with van der Waals surface area (Å²) in [5, 5.41) is 0. The van der Waals surface area contributed by atoms with E-state index in [2.05, 4.69) is 0 Å². The van der Waals surface area contributed by atoms with E-state index < -0.39 is 29.5 Å². The molecule has 0 aliphatic carbocycles. The van der Waals surface area contributed by atoms with Crippen LogP contribution < -0.4 is 0 Å². The normalized spacial score (nSPS) is 12.2. The Morgan fingerprint density at radius 3 is 2.00 bits per heavy atom. The van der Waals surface area contributed by atoms with Crippen LogP contribution >= 0.6 is 0 Å². The molecule has 14 heavy (non-hydrogen) atoms. The first-order chi connectivity index (χ1) is 6.32. The van der Waals surface area contributed by atoms with Gasteiger partial charge in [-0.25, -0.2) is 13.2 Å². The summed E-state index contributed by atoms with van der Waals surface area (Å²) in [5.74, 6) is -1.55. The van der Waals surface area contributed by atoms with Gasteiger partial charge < -0.3 is 0 Å². The molecule has 0 saturated carbocycles. The summed E-state index contributed by atoms with van der Waals surface area (Å²) in [6.07, 6.45) is -7.83. The van der Waals surface area contributed by atoms with Gasteiger partial charge in [-0.15, -0.1) is 0 Å². The first-order valence-electron chi connectivity index (χ1n) is 3.47. The van der Waals surface area contributed by atoms with Gasteiger partial charge in [0.2, 0.25) is 0 Å². The average molecular weight is 214 g/mol. The summed E-state index contributed by atoms with van der Waals surface area (Å²) in [7, 11) is 0. The lowest BCUT2D eigenvalue weighted by atomic mass is 10.1. The highest BCUT2D eigenvalue weighted by Crippen LogP contribution is 2.32. The van der Waals surface area contributed by atoms with Gasteiger partial charge in [0.25, 0.3) is 6.43 Å². The molecule has 0 aromatic heterocycles. The monoisotopic (exact) mass is 214 g/mol. The van der Waals surface area contributed by atoms with Crippen LogP contribution in [0.25, 0.3) is 0 Å². The Hall–Kier alpha value is -1.20. The Bertz CT molecular complexity index is 327. The molecular formula is C8H4F6. The van der Waals surface area contributed by atoms with Crippen LogP contribution in [0.5, 0.6) is 0 Å². The van der Waals surface area contributed by atoms with Crippen molar-refractivity contribution >= 4 is 0 Å². The Labute approximate surface area is 75.2 Å². The van der Waals surface area contributed by atoms with Gasteiger partial charge in [-0.1, -0.05) is 0 Å². The van der Waals surface area contributed by atoms with Gasteiger partial charge in [0, 0.05) is 0 Å². The summed E-state index contributed by atoms with van der Waals surface area (Å²) < 4.78 is 72.4. The first kappa shape index (κ1) is 10.9. The summed E-state index contributed by atoms with van der Waals surface area (Å²) >= 11 is 0. The highest BCUT2D eigenvalue weighted by molar-refractivity contribution is 5.26. The fourth-order valence-corrected chi connectivity index (χ4v) is 0.880. The fraction of sp³-hybridized carbons (Fsp3) is 0.250. The molecule has 1 rings (SSSR count). The second-order valence-electron chi connectivity index (χ2n) is 2.53. The molecule has 78 valence electrons. The maximum absolute atomic E-state index is 12.7. The number of alkyl halides is 5. The third-order valence-electron chi connectivity index (χ3n) is 1.56. The van der Waals surface area contributed by atoms with Crippen molar-refractivity contribution < 1.29 is 26.3 Å². The van der Waals surface area contributed by atoms with Gasteiger partial charge in [-0.05, 0) is 18.2 Å². The zero-order chi connectivity index (χ0) is 10.9. The number of halogens is 6. The van der Waals surface area contributed by atoms with E-state index >= 15 is 0 Å². The minimum atomic E-state index is -4.72.